The maximum atomic E-state index is 5.56. The van der Waals surface area contributed by atoms with E-state index in [1.165, 1.54) is 0 Å². The van der Waals surface area contributed by atoms with Gasteiger partial charge >= 0.3 is 0 Å². The van der Waals surface area contributed by atoms with Crippen LogP contribution in [0.1, 0.15) is 13.8 Å². The van der Waals surface area contributed by atoms with Crippen molar-refractivity contribution in [2.24, 2.45) is 0 Å². The lowest BCUT2D eigenvalue weighted by molar-refractivity contribution is 0.496. The predicted octanol–water partition coefficient (Wildman–Crippen LogP) is 0.257. The molecule has 1 rings (SSSR count). The Labute approximate surface area is 77.7 Å². The van der Waals surface area contributed by atoms with Crippen molar-refractivity contribution < 1.29 is 4.42 Å². The molecule has 0 radical (unpaired) electrons. The molecule has 0 bridgehead atoms. The van der Waals surface area contributed by atoms with E-state index in [1.54, 1.807) is 6.08 Å². The molecule has 0 atom stereocenters. The van der Waals surface area contributed by atoms with Crippen LogP contribution in [-0.4, -0.2) is 0 Å². The summed E-state index contributed by atoms with van der Waals surface area (Å²) in [4.78, 5) is 0. The summed E-state index contributed by atoms with van der Waals surface area (Å²) in [5.41, 5.74) is 2.57. The molecule has 0 aliphatic rings. The monoisotopic (exact) mass is 174 g/mol. The molecule has 0 aliphatic heterocycles. The largest absolute Gasteiger partial charge is 0.456 e. The Kier molecular flexibility index (Phi) is 2.57. The van der Waals surface area contributed by atoms with Crippen molar-refractivity contribution in [2.75, 3.05) is 0 Å². The third kappa shape index (κ3) is 1.50. The van der Waals surface area contributed by atoms with Crippen LogP contribution in [0.25, 0.3) is 24.8 Å². The van der Waals surface area contributed by atoms with Gasteiger partial charge in [0, 0.05) is 10.4 Å². The Morgan fingerprint density at radius 2 is 1.92 bits per heavy atom. The van der Waals surface area contributed by atoms with Crippen LogP contribution in [0.15, 0.2) is 17.1 Å². The molecule has 0 spiro atoms. The Morgan fingerprint density at radius 1 is 1.31 bits per heavy atom. The number of furan rings is 1. The first kappa shape index (κ1) is 9.59. The van der Waals surface area contributed by atoms with Crippen LogP contribution in [-0.2, 0) is 0 Å². The average molecular weight is 174 g/mol. The molecule has 0 aromatic carbocycles. The summed E-state index contributed by atoms with van der Waals surface area (Å²) in [6.45, 7) is 15.4. The lowest BCUT2D eigenvalue weighted by atomic mass is 10.2. The van der Waals surface area contributed by atoms with Crippen LogP contribution in [0.3, 0.4) is 0 Å². The molecular weight excluding hydrogens is 160 g/mol. The Hall–Kier alpha value is -1.50. The second-order valence-electron chi connectivity index (χ2n) is 2.93. The molecule has 0 N–H and O–H groups in total. The first-order valence-electron chi connectivity index (χ1n) is 4.18. The highest BCUT2D eigenvalue weighted by atomic mass is 16.3. The van der Waals surface area contributed by atoms with Gasteiger partial charge in [-0.05, 0) is 25.5 Å². The maximum absolute atomic E-state index is 5.56. The van der Waals surface area contributed by atoms with Crippen molar-refractivity contribution >= 4 is 24.8 Å². The van der Waals surface area contributed by atoms with Gasteiger partial charge in [0.15, 0.2) is 0 Å². The fourth-order valence-electron chi connectivity index (χ4n) is 1.16. The van der Waals surface area contributed by atoms with Gasteiger partial charge in [0.25, 0.3) is 0 Å². The number of allylic oxidation sites excluding steroid dienone is 1. The normalized spacial score (nSPS) is 14.5. The molecular formula is C12H14O. The van der Waals surface area contributed by atoms with E-state index >= 15 is 0 Å². The van der Waals surface area contributed by atoms with Gasteiger partial charge in [-0.25, -0.2) is 0 Å². The van der Waals surface area contributed by atoms with Gasteiger partial charge < -0.3 is 4.42 Å². The molecule has 0 aliphatic carbocycles. The van der Waals surface area contributed by atoms with Crippen molar-refractivity contribution in [1.82, 2.24) is 0 Å². The minimum Gasteiger partial charge on any atom is -0.456 e. The molecule has 0 saturated heterocycles. The number of hydrogen-bond acceptors (Lipinski definition) is 1. The molecule has 1 aromatic heterocycles. The summed E-state index contributed by atoms with van der Waals surface area (Å²) < 4.78 is 5.56. The lowest BCUT2D eigenvalue weighted by Gasteiger charge is -1.83. The van der Waals surface area contributed by atoms with E-state index in [1.807, 2.05) is 19.9 Å². The SMILES string of the molecule is C=C/C(C)=c1/o/c(=C/C)c(=C)c1=C. The van der Waals surface area contributed by atoms with Crippen LogP contribution in [0.5, 0.6) is 0 Å². The smallest absolute Gasteiger partial charge is 0.137 e. The van der Waals surface area contributed by atoms with Gasteiger partial charge in [-0.1, -0.05) is 25.8 Å². The Morgan fingerprint density at radius 3 is 2.31 bits per heavy atom. The minimum absolute atomic E-state index is 0.785. The highest BCUT2D eigenvalue weighted by Gasteiger charge is 1.95. The highest BCUT2D eigenvalue weighted by molar-refractivity contribution is 5.51. The zero-order valence-electron chi connectivity index (χ0n) is 8.18. The zero-order valence-corrected chi connectivity index (χ0v) is 8.18. The average Bonchev–Trinajstić information content (AvgIpc) is 2.43. The highest BCUT2D eigenvalue weighted by Crippen LogP contribution is 1.85. The van der Waals surface area contributed by atoms with E-state index in [4.69, 9.17) is 4.42 Å². The Balaban J connectivity index is 3.94. The first-order chi connectivity index (χ1) is 6.11. The molecule has 13 heavy (non-hydrogen) atoms. The van der Waals surface area contributed by atoms with Gasteiger partial charge in [0.2, 0.25) is 0 Å². The summed E-state index contributed by atoms with van der Waals surface area (Å²) in [6, 6.07) is 0. The van der Waals surface area contributed by atoms with Crippen molar-refractivity contribution in [3.63, 3.8) is 0 Å². The van der Waals surface area contributed by atoms with Crippen LogP contribution in [0.2, 0.25) is 0 Å². The van der Waals surface area contributed by atoms with E-state index in [0.717, 1.165) is 26.8 Å². The van der Waals surface area contributed by atoms with Gasteiger partial charge in [0.05, 0.1) is 0 Å². The van der Waals surface area contributed by atoms with Crippen LogP contribution in [0, 0.1) is 0 Å². The van der Waals surface area contributed by atoms with Crippen molar-refractivity contribution in [1.29, 1.82) is 0 Å². The second-order valence-corrected chi connectivity index (χ2v) is 2.93. The van der Waals surface area contributed by atoms with Crippen LogP contribution >= 0.6 is 0 Å². The molecule has 1 nitrogen and oxygen atoms in total. The molecule has 0 fully saturated rings. The summed E-state index contributed by atoms with van der Waals surface area (Å²) in [5.74, 6) is 0. The van der Waals surface area contributed by atoms with Crippen molar-refractivity contribution in [3.8, 4) is 0 Å². The third-order valence-corrected chi connectivity index (χ3v) is 2.07. The Bertz CT molecular complexity index is 529. The topological polar surface area (TPSA) is 13.1 Å². The predicted molar refractivity (Wildman–Crippen MR) is 57.7 cm³/mol. The van der Waals surface area contributed by atoms with Gasteiger partial charge in [-0.3, -0.25) is 0 Å². The molecule has 0 amide bonds. The van der Waals surface area contributed by atoms with Crippen molar-refractivity contribution in [3.05, 3.63) is 33.9 Å². The van der Waals surface area contributed by atoms with Crippen LogP contribution in [0.4, 0.5) is 0 Å². The van der Waals surface area contributed by atoms with E-state index in [-0.39, 0.29) is 0 Å². The van der Waals surface area contributed by atoms with Crippen LogP contribution < -0.4 is 21.3 Å². The molecule has 0 unspecified atom stereocenters. The molecule has 68 valence electrons. The first-order valence-corrected chi connectivity index (χ1v) is 4.18. The summed E-state index contributed by atoms with van der Waals surface area (Å²) >= 11 is 0. The summed E-state index contributed by atoms with van der Waals surface area (Å²) in [7, 11) is 0. The van der Waals surface area contributed by atoms with E-state index in [0.29, 0.717) is 0 Å². The van der Waals surface area contributed by atoms with Gasteiger partial charge in [-0.15, -0.1) is 0 Å². The van der Waals surface area contributed by atoms with Gasteiger partial charge in [-0.2, -0.15) is 0 Å². The summed E-state index contributed by atoms with van der Waals surface area (Å²) in [5, 5.41) is 1.71. The molecule has 0 saturated carbocycles. The summed E-state index contributed by atoms with van der Waals surface area (Å²) in [6.07, 6.45) is 3.64. The molecule has 1 heterocycles. The standard InChI is InChI=1S/C12H14O/c1-6-8(3)12-10(5)9(4)11(7-2)13-12/h6-7H,1,4-5H2,2-3H3/b11-7+,12-8+. The fourth-order valence-corrected chi connectivity index (χ4v) is 1.16. The van der Waals surface area contributed by atoms with Crippen molar-refractivity contribution in [2.45, 2.75) is 13.8 Å². The quantitative estimate of drug-likeness (QED) is 0.595. The van der Waals surface area contributed by atoms with E-state index in [2.05, 4.69) is 19.7 Å². The maximum Gasteiger partial charge on any atom is 0.137 e. The zero-order chi connectivity index (χ0) is 10.0. The fraction of sp³-hybridized carbons (Fsp3) is 0.167. The molecule has 1 heteroatoms. The van der Waals surface area contributed by atoms with Gasteiger partial charge in [0.1, 0.15) is 10.8 Å². The number of hydrogen-bond donors (Lipinski definition) is 0. The van der Waals surface area contributed by atoms with E-state index < -0.39 is 0 Å². The third-order valence-electron chi connectivity index (χ3n) is 2.07. The molecule has 1 aromatic rings. The number of rotatable bonds is 1. The second kappa shape index (κ2) is 3.48. The minimum atomic E-state index is 0.785. The van der Waals surface area contributed by atoms with E-state index in [9.17, 15) is 0 Å². The lowest BCUT2D eigenvalue weighted by Crippen LogP contribution is -2.35.